The molecule has 4 nitrogen and oxygen atoms in total. The van der Waals surface area contributed by atoms with Crippen molar-refractivity contribution in [3.8, 4) is 0 Å². The van der Waals surface area contributed by atoms with Crippen LogP contribution in [0.1, 0.15) is 39.0 Å². The minimum absolute atomic E-state index is 0.234. The third-order valence-electron chi connectivity index (χ3n) is 3.02. The third-order valence-corrected chi connectivity index (χ3v) is 3.02. The van der Waals surface area contributed by atoms with Gasteiger partial charge >= 0.3 is 0 Å². The number of nitrogens with zero attached hydrogens (tertiary/aromatic N) is 3. The number of hydrogen-bond acceptors (Lipinski definition) is 4. The van der Waals surface area contributed by atoms with Crippen molar-refractivity contribution < 1.29 is 4.74 Å². The molecule has 1 atom stereocenters. The van der Waals surface area contributed by atoms with Crippen LogP contribution in [0.25, 0.3) is 0 Å². The van der Waals surface area contributed by atoms with E-state index >= 15 is 0 Å². The maximum absolute atomic E-state index is 5.67. The summed E-state index contributed by atoms with van der Waals surface area (Å²) >= 11 is 0. The Balaban J connectivity index is 2.26. The van der Waals surface area contributed by atoms with Gasteiger partial charge in [0.05, 0.1) is 6.04 Å². The minimum Gasteiger partial charge on any atom is -0.474 e. The first kappa shape index (κ1) is 13.0. The van der Waals surface area contributed by atoms with Crippen molar-refractivity contribution in [2.24, 2.45) is 16.8 Å². The molecule has 0 aromatic carbocycles. The molecule has 1 aromatic heterocycles. The topological polar surface area (TPSA) is 47.4 Å². The van der Waals surface area contributed by atoms with Gasteiger partial charge in [0.1, 0.15) is 12.8 Å². The van der Waals surface area contributed by atoms with Gasteiger partial charge in [-0.15, -0.1) is 10.2 Å². The van der Waals surface area contributed by atoms with E-state index in [1.54, 1.807) is 0 Å². The van der Waals surface area contributed by atoms with Gasteiger partial charge in [-0.1, -0.05) is 27.7 Å². The molecule has 2 heterocycles. The molecule has 0 saturated heterocycles. The highest BCUT2D eigenvalue weighted by Crippen LogP contribution is 2.19. The summed E-state index contributed by atoms with van der Waals surface area (Å²) in [7, 11) is 0. The Labute approximate surface area is 108 Å². The van der Waals surface area contributed by atoms with Crippen molar-refractivity contribution in [2.75, 3.05) is 6.61 Å². The van der Waals surface area contributed by atoms with Crippen LogP contribution in [0.15, 0.2) is 11.1 Å². The van der Waals surface area contributed by atoms with Crippen molar-refractivity contribution in [3.05, 3.63) is 23.5 Å². The fourth-order valence-corrected chi connectivity index (χ4v) is 1.95. The molecule has 1 radical (unpaired) electrons. The Hall–Kier alpha value is -1.45. The molecule has 1 unspecified atom stereocenters. The maximum atomic E-state index is 5.67. The van der Waals surface area contributed by atoms with Gasteiger partial charge in [0, 0.05) is 0 Å². The highest BCUT2D eigenvalue weighted by molar-refractivity contribution is 5.94. The summed E-state index contributed by atoms with van der Waals surface area (Å²) in [6, 6.07) is 2.12. The second-order valence-electron chi connectivity index (χ2n) is 5.50. The summed E-state index contributed by atoms with van der Waals surface area (Å²) in [4.78, 5) is 4.60. The summed E-state index contributed by atoms with van der Waals surface area (Å²) in [5.41, 5.74) is 1.90. The SMILES string of the molecule is CC(C)Cc1c[c]nnc1C1=NC(C(C)C)CO1. The summed E-state index contributed by atoms with van der Waals surface area (Å²) in [6.45, 7) is 9.31. The van der Waals surface area contributed by atoms with Gasteiger partial charge in [-0.05, 0) is 29.9 Å². The number of hydrogen-bond donors (Lipinski definition) is 0. The summed E-state index contributed by atoms with van der Waals surface area (Å²) in [5, 5.41) is 7.98. The summed E-state index contributed by atoms with van der Waals surface area (Å²) in [5.74, 6) is 1.69. The Kier molecular flexibility index (Phi) is 3.94. The van der Waals surface area contributed by atoms with Crippen molar-refractivity contribution in [1.29, 1.82) is 0 Å². The van der Waals surface area contributed by atoms with Crippen LogP contribution in [-0.4, -0.2) is 28.7 Å². The lowest BCUT2D eigenvalue weighted by molar-refractivity contribution is 0.291. The third kappa shape index (κ3) is 2.86. The first-order valence-electron chi connectivity index (χ1n) is 6.51. The standard InChI is InChI=1S/C14H20N3O/c1-9(2)7-11-5-6-15-17-13(11)14-16-12(8-18-14)10(3)4/h5,9-10,12H,7-8H2,1-4H3. The van der Waals surface area contributed by atoms with E-state index in [1.807, 2.05) is 6.07 Å². The average molecular weight is 246 g/mol. The highest BCUT2D eigenvalue weighted by atomic mass is 16.5. The first-order chi connectivity index (χ1) is 8.58. The van der Waals surface area contributed by atoms with Crippen molar-refractivity contribution >= 4 is 5.90 Å². The molecular weight excluding hydrogens is 226 g/mol. The lowest BCUT2D eigenvalue weighted by Crippen LogP contribution is -2.13. The molecule has 0 aliphatic carbocycles. The zero-order valence-electron chi connectivity index (χ0n) is 11.5. The van der Waals surface area contributed by atoms with Crippen LogP contribution in [0.5, 0.6) is 0 Å². The lowest BCUT2D eigenvalue weighted by atomic mass is 10.0. The number of aliphatic imine (C=N–C) groups is 1. The molecule has 97 valence electrons. The molecule has 1 aliphatic heterocycles. The van der Waals surface area contributed by atoms with Gasteiger partial charge in [0.2, 0.25) is 5.90 Å². The van der Waals surface area contributed by atoms with E-state index in [9.17, 15) is 0 Å². The van der Waals surface area contributed by atoms with E-state index in [2.05, 4.69) is 49.1 Å². The zero-order valence-corrected chi connectivity index (χ0v) is 11.5. The highest BCUT2D eigenvalue weighted by Gasteiger charge is 2.25. The Morgan fingerprint density at radius 1 is 1.39 bits per heavy atom. The van der Waals surface area contributed by atoms with Crippen LogP contribution < -0.4 is 0 Å². The van der Waals surface area contributed by atoms with Crippen LogP contribution in [0.2, 0.25) is 0 Å². The van der Waals surface area contributed by atoms with E-state index in [4.69, 9.17) is 4.74 Å². The molecule has 0 bridgehead atoms. The van der Waals surface area contributed by atoms with Gasteiger partial charge in [-0.25, -0.2) is 4.99 Å². The molecule has 18 heavy (non-hydrogen) atoms. The fourth-order valence-electron chi connectivity index (χ4n) is 1.95. The number of ether oxygens (including phenoxy) is 1. The molecule has 0 fully saturated rings. The normalized spacial score (nSPS) is 19.2. The Bertz CT molecular complexity index is 440. The predicted octanol–water partition coefficient (Wildman–Crippen LogP) is 2.28. The Morgan fingerprint density at radius 3 is 2.78 bits per heavy atom. The first-order valence-corrected chi connectivity index (χ1v) is 6.51. The number of rotatable bonds is 4. The molecule has 0 N–H and O–H groups in total. The monoisotopic (exact) mass is 246 g/mol. The Morgan fingerprint density at radius 2 is 2.17 bits per heavy atom. The van der Waals surface area contributed by atoms with E-state index in [-0.39, 0.29) is 6.04 Å². The largest absolute Gasteiger partial charge is 0.474 e. The second-order valence-corrected chi connectivity index (χ2v) is 5.50. The maximum Gasteiger partial charge on any atom is 0.238 e. The van der Waals surface area contributed by atoms with Crippen molar-refractivity contribution in [2.45, 2.75) is 40.2 Å². The summed E-state index contributed by atoms with van der Waals surface area (Å²) in [6.07, 6.45) is 3.73. The van der Waals surface area contributed by atoms with Gasteiger partial charge in [-0.3, -0.25) is 0 Å². The van der Waals surface area contributed by atoms with Crippen molar-refractivity contribution in [3.63, 3.8) is 0 Å². The lowest BCUT2D eigenvalue weighted by Gasteiger charge is -2.08. The van der Waals surface area contributed by atoms with Gasteiger partial charge in [0.25, 0.3) is 0 Å². The van der Waals surface area contributed by atoms with E-state index in [1.165, 1.54) is 0 Å². The molecule has 2 rings (SSSR count). The summed E-state index contributed by atoms with van der Waals surface area (Å²) < 4.78 is 5.67. The van der Waals surface area contributed by atoms with E-state index < -0.39 is 0 Å². The minimum atomic E-state index is 0.234. The molecule has 1 aliphatic rings. The van der Waals surface area contributed by atoms with Crippen LogP contribution in [-0.2, 0) is 11.2 Å². The molecule has 0 saturated carbocycles. The van der Waals surface area contributed by atoms with Crippen molar-refractivity contribution in [1.82, 2.24) is 10.2 Å². The van der Waals surface area contributed by atoms with E-state index in [0.29, 0.717) is 24.3 Å². The molecule has 0 spiro atoms. The van der Waals surface area contributed by atoms with Crippen LogP contribution in [0, 0.1) is 18.0 Å². The second kappa shape index (κ2) is 5.46. The van der Waals surface area contributed by atoms with Gasteiger partial charge in [0.15, 0.2) is 5.69 Å². The molecule has 1 aromatic rings. The fraction of sp³-hybridized carbons (Fsp3) is 0.643. The molecule has 0 amide bonds. The predicted molar refractivity (Wildman–Crippen MR) is 70.5 cm³/mol. The van der Waals surface area contributed by atoms with Crippen LogP contribution in [0.3, 0.4) is 0 Å². The van der Waals surface area contributed by atoms with Gasteiger partial charge in [-0.2, -0.15) is 0 Å². The number of aromatic nitrogens is 2. The van der Waals surface area contributed by atoms with E-state index in [0.717, 1.165) is 17.7 Å². The van der Waals surface area contributed by atoms with Crippen LogP contribution in [0.4, 0.5) is 0 Å². The smallest absolute Gasteiger partial charge is 0.238 e. The molecular formula is C14H20N3O. The zero-order chi connectivity index (χ0) is 13.1. The van der Waals surface area contributed by atoms with Gasteiger partial charge < -0.3 is 4.74 Å². The average Bonchev–Trinajstić information content (AvgIpc) is 2.78. The molecule has 4 heteroatoms. The quantitative estimate of drug-likeness (QED) is 0.818. The van der Waals surface area contributed by atoms with Crippen LogP contribution >= 0.6 is 0 Å².